The maximum Gasteiger partial charge on any atom is 0.324 e. The first-order valence-corrected chi connectivity index (χ1v) is 9.22. The molecule has 1 aromatic carbocycles. The molecule has 0 aliphatic heterocycles. The molecule has 1 heterocycles. The Bertz CT molecular complexity index is 817. The Morgan fingerprint density at radius 2 is 2.04 bits per heavy atom. The lowest BCUT2D eigenvalue weighted by Crippen LogP contribution is -2.23. The Morgan fingerprint density at radius 1 is 1.31 bits per heavy atom. The molecule has 0 fully saturated rings. The van der Waals surface area contributed by atoms with E-state index in [-0.39, 0.29) is 0 Å². The van der Waals surface area contributed by atoms with E-state index in [4.69, 9.17) is 10.5 Å². The van der Waals surface area contributed by atoms with Gasteiger partial charge < -0.3 is 20.9 Å². The van der Waals surface area contributed by atoms with Crippen LogP contribution in [-0.4, -0.2) is 29.8 Å². The van der Waals surface area contributed by atoms with Crippen molar-refractivity contribution in [2.75, 3.05) is 17.2 Å². The first-order chi connectivity index (χ1) is 12.5. The van der Waals surface area contributed by atoms with Crippen LogP contribution in [0.1, 0.15) is 34.1 Å². The summed E-state index contributed by atoms with van der Waals surface area (Å²) in [5.74, 6) is 0.147. The minimum Gasteiger partial charge on any atom is -0.494 e. The molecule has 2 aromatic rings. The third-order valence-electron chi connectivity index (χ3n) is 4.14. The van der Waals surface area contributed by atoms with Crippen molar-refractivity contribution >= 4 is 34.0 Å². The van der Waals surface area contributed by atoms with Crippen LogP contribution in [0.5, 0.6) is 5.75 Å². The number of amides is 3. The summed E-state index contributed by atoms with van der Waals surface area (Å²) in [7, 11) is 0. The zero-order chi connectivity index (χ0) is 18.7. The number of nitrogens with one attached hydrogen (secondary N) is 2. The van der Waals surface area contributed by atoms with Gasteiger partial charge in [0.25, 0.3) is 5.91 Å². The minimum absolute atomic E-state index is 0.346. The van der Waals surface area contributed by atoms with E-state index in [9.17, 15) is 14.7 Å². The van der Waals surface area contributed by atoms with Crippen molar-refractivity contribution in [3.05, 3.63) is 40.3 Å². The quantitative estimate of drug-likeness (QED) is 0.643. The summed E-state index contributed by atoms with van der Waals surface area (Å²) in [6, 6.07) is 6.53. The van der Waals surface area contributed by atoms with Crippen molar-refractivity contribution < 1.29 is 19.4 Å². The standard InChI is InChI=1S/C18H21N3O4S/c1-2-25-12-6-3-10(4-7-12)20-18(24)21-17-15(16(19)23)13-8-5-11(22)9-14(13)26-17/h3-4,6-7,11,22H,2,5,8-9H2,1H3,(H2,19,23)(H2,20,21,24). The van der Waals surface area contributed by atoms with Crippen LogP contribution in [0.25, 0.3) is 0 Å². The Kier molecular flexibility index (Phi) is 5.43. The molecule has 3 amide bonds. The molecule has 1 aromatic heterocycles. The zero-order valence-corrected chi connectivity index (χ0v) is 15.2. The number of thiophene rings is 1. The molecule has 8 heteroatoms. The van der Waals surface area contributed by atoms with Gasteiger partial charge in [0.05, 0.1) is 18.3 Å². The summed E-state index contributed by atoms with van der Waals surface area (Å²) in [6.45, 7) is 2.47. The summed E-state index contributed by atoms with van der Waals surface area (Å²) in [4.78, 5) is 25.0. The molecular formula is C18H21N3O4S. The highest BCUT2D eigenvalue weighted by atomic mass is 32.1. The van der Waals surface area contributed by atoms with Crippen molar-refractivity contribution in [1.29, 1.82) is 0 Å². The van der Waals surface area contributed by atoms with Crippen molar-refractivity contribution in [1.82, 2.24) is 0 Å². The van der Waals surface area contributed by atoms with Gasteiger partial charge in [-0.3, -0.25) is 10.1 Å². The number of hydrogen-bond acceptors (Lipinski definition) is 5. The molecule has 0 spiro atoms. The van der Waals surface area contributed by atoms with Gasteiger partial charge in [0.1, 0.15) is 10.8 Å². The van der Waals surface area contributed by atoms with Gasteiger partial charge in [0, 0.05) is 17.0 Å². The third kappa shape index (κ3) is 3.97. The summed E-state index contributed by atoms with van der Waals surface area (Å²) in [5, 5.41) is 15.7. The van der Waals surface area contributed by atoms with Crippen LogP contribution < -0.4 is 21.1 Å². The molecule has 0 radical (unpaired) electrons. The molecule has 1 aliphatic carbocycles. The van der Waals surface area contributed by atoms with E-state index in [1.807, 2.05) is 6.92 Å². The molecule has 0 saturated carbocycles. The summed E-state index contributed by atoms with van der Waals surface area (Å²) in [6.07, 6.45) is 1.21. The van der Waals surface area contributed by atoms with E-state index in [0.29, 0.717) is 42.1 Å². The first kappa shape index (κ1) is 18.2. The number of carbonyl (C=O) groups excluding carboxylic acids is 2. The van der Waals surface area contributed by atoms with E-state index >= 15 is 0 Å². The molecule has 3 rings (SSSR count). The van der Waals surface area contributed by atoms with Crippen LogP contribution in [0.3, 0.4) is 0 Å². The lowest BCUT2D eigenvalue weighted by Gasteiger charge is -2.17. The lowest BCUT2D eigenvalue weighted by molar-refractivity contribution is 0.0998. The van der Waals surface area contributed by atoms with Crippen molar-refractivity contribution in [2.24, 2.45) is 5.73 Å². The van der Waals surface area contributed by atoms with Crippen LogP contribution in [0.4, 0.5) is 15.5 Å². The average molecular weight is 375 g/mol. The molecule has 0 saturated heterocycles. The maximum atomic E-state index is 12.3. The van der Waals surface area contributed by atoms with Crippen LogP contribution in [-0.2, 0) is 12.8 Å². The predicted octanol–water partition coefficient (Wildman–Crippen LogP) is 2.74. The van der Waals surface area contributed by atoms with Gasteiger partial charge in [-0.2, -0.15) is 0 Å². The fourth-order valence-corrected chi connectivity index (χ4v) is 4.30. The normalized spacial score (nSPS) is 15.8. The Hall–Kier alpha value is -2.58. The number of primary amides is 1. The second-order valence-corrected chi connectivity index (χ2v) is 7.11. The molecule has 0 bridgehead atoms. The predicted molar refractivity (Wildman–Crippen MR) is 101 cm³/mol. The summed E-state index contributed by atoms with van der Waals surface area (Å²) < 4.78 is 5.36. The SMILES string of the molecule is CCOc1ccc(NC(=O)Nc2sc3c(c2C(N)=O)CCC(O)C3)cc1. The molecule has 7 nitrogen and oxygen atoms in total. The average Bonchev–Trinajstić information content (AvgIpc) is 2.93. The number of fused-ring (bicyclic) bond motifs is 1. The summed E-state index contributed by atoms with van der Waals surface area (Å²) >= 11 is 1.29. The minimum atomic E-state index is -0.574. The highest BCUT2D eigenvalue weighted by molar-refractivity contribution is 7.17. The van der Waals surface area contributed by atoms with Gasteiger partial charge >= 0.3 is 6.03 Å². The number of hydrogen-bond donors (Lipinski definition) is 4. The van der Waals surface area contributed by atoms with Gasteiger partial charge in [-0.25, -0.2) is 4.79 Å². The number of nitrogens with two attached hydrogens (primary N) is 1. The first-order valence-electron chi connectivity index (χ1n) is 8.41. The number of carbonyl (C=O) groups is 2. The van der Waals surface area contributed by atoms with Gasteiger partial charge in [0.2, 0.25) is 0 Å². The number of anilines is 2. The fourth-order valence-electron chi connectivity index (χ4n) is 2.98. The summed E-state index contributed by atoms with van der Waals surface area (Å²) in [5.41, 5.74) is 7.29. The van der Waals surface area contributed by atoms with Gasteiger partial charge in [-0.05, 0) is 49.6 Å². The van der Waals surface area contributed by atoms with Crippen LogP contribution in [0, 0.1) is 0 Å². The highest BCUT2D eigenvalue weighted by Gasteiger charge is 2.27. The largest absolute Gasteiger partial charge is 0.494 e. The molecule has 138 valence electrons. The van der Waals surface area contributed by atoms with E-state index < -0.39 is 18.0 Å². The van der Waals surface area contributed by atoms with Crippen molar-refractivity contribution in [3.8, 4) is 5.75 Å². The molecule has 5 N–H and O–H groups in total. The topological polar surface area (TPSA) is 114 Å². The molecule has 1 unspecified atom stereocenters. The number of aliphatic hydroxyl groups is 1. The number of ether oxygens (including phenoxy) is 1. The number of rotatable bonds is 5. The Morgan fingerprint density at radius 3 is 2.69 bits per heavy atom. The molecule has 1 atom stereocenters. The Labute approximate surface area is 155 Å². The van der Waals surface area contributed by atoms with Gasteiger partial charge in [-0.1, -0.05) is 0 Å². The molecule has 1 aliphatic rings. The number of aliphatic hydroxyl groups excluding tert-OH is 1. The van der Waals surface area contributed by atoms with E-state index in [0.717, 1.165) is 16.2 Å². The van der Waals surface area contributed by atoms with Gasteiger partial charge in [0.15, 0.2) is 0 Å². The number of urea groups is 1. The van der Waals surface area contributed by atoms with Gasteiger partial charge in [-0.15, -0.1) is 11.3 Å². The number of benzene rings is 1. The highest BCUT2D eigenvalue weighted by Crippen LogP contribution is 2.38. The van der Waals surface area contributed by atoms with Crippen molar-refractivity contribution in [3.63, 3.8) is 0 Å². The maximum absolute atomic E-state index is 12.3. The monoisotopic (exact) mass is 375 g/mol. The molecular weight excluding hydrogens is 354 g/mol. The Balaban J connectivity index is 1.73. The van der Waals surface area contributed by atoms with Crippen molar-refractivity contribution in [2.45, 2.75) is 32.3 Å². The third-order valence-corrected chi connectivity index (χ3v) is 5.31. The zero-order valence-electron chi connectivity index (χ0n) is 14.4. The molecule has 26 heavy (non-hydrogen) atoms. The van der Waals surface area contributed by atoms with Crippen LogP contribution in [0.2, 0.25) is 0 Å². The second-order valence-electron chi connectivity index (χ2n) is 6.01. The van der Waals surface area contributed by atoms with Crippen LogP contribution in [0.15, 0.2) is 24.3 Å². The fraction of sp³-hybridized carbons (Fsp3) is 0.333. The van der Waals surface area contributed by atoms with E-state index in [2.05, 4.69) is 10.6 Å². The lowest BCUT2D eigenvalue weighted by atomic mass is 9.93. The van der Waals surface area contributed by atoms with Crippen LogP contribution >= 0.6 is 11.3 Å². The van der Waals surface area contributed by atoms with E-state index in [1.54, 1.807) is 24.3 Å². The second kappa shape index (κ2) is 7.76. The van der Waals surface area contributed by atoms with E-state index in [1.165, 1.54) is 11.3 Å². The smallest absolute Gasteiger partial charge is 0.324 e.